The molecule has 0 spiro atoms. The summed E-state index contributed by atoms with van der Waals surface area (Å²) in [6.07, 6.45) is 1.11. The molecule has 104 valence electrons. The molecule has 3 heterocycles. The van der Waals surface area contributed by atoms with E-state index >= 15 is 0 Å². The number of imidazole rings is 1. The van der Waals surface area contributed by atoms with Crippen LogP contribution in [0.25, 0.3) is 16.8 Å². The summed E-state index contributed by atoms with van der Waals surface area (Å²) in [5.41, 5.74) is 0.00153. The number of aliphatic hydroxyl groups excluding tert-OH is 1. The molecule has 0 aliphatic rings. The third kappa shape index (κ3) is 2.05. The van der Waals surface area contributed by atoms with Crippen LogP contribution in [0.2, 0.25) is 0 Å². The Bertz CT molecular complexity index is 745. The van der Waals surface area contributed by atoms with E-state index < -0.39 is 18.3 Å². The minimum absolute atomic E-state index is 0.180. The van der Waals surface area contributed by atoms with Gasteiger partial charge in [-0.25, -0.2) is 4.98 Å². The van der Waals surface area contributed by atoms with Gasteiger partial charge in [-0.2, -0.15) is 13.2 Å². The van der Waals surface area contributed by atoms with Crippen molar-refractivity contribution in [1.82, 2.24) is 9.38 Å². The standard InChI is InChI=1S/C13H9F3N2O2/c14-13(15,16)11-3-9(8-1-2-20-7-8)4-18-5-10(6-19)17-12(11)18/h1-5,7,19H,6H2. The fraction of sp³-hybridized carbons (Fsp3) is 0.154. The van der Waals surface area contributed by atoms with Crippen LogP contribution >= 0.6 is 0 Å². The minimum Gasteiger partial charge on any atom is -0.472 e. The molecule has 1 N–H and O–H groups in total. The molecule has 0 aliphatic heterocycles. The number of hydrogen-bond acceptors (Lipinski definition) is 3. The summed E-state index contributed by atoms with van der Waals surface area (Å²) in [7, 11) is 0. The Morgan fingerprint density at radius 1 is 1.25 bits per heavy atom. The first-order valence-electron chi connectivity index (χ1n) is 5.71. The predicted octanol–water partition coefficient (Wildman–Crippen LogP) is 3.11. The van der Waals surface area contributed by atoms with Crippen LogP contribution in [-0.2, 0) is 12.8 Å². The SMILES string of the molecule is OCc1cn2cc(-c3ccoc3)cc(C(F)(F)F)c2n1. The van der Waals surface area contributed by atoms with Crippen molar-refractivity contribution in [2.24, 2.45) is 0 Å². The number of nitrogens with zero attached hydrogens (tertiary/aromatic N) is 2. The second-order valence-corrected chi connectivity index (χ2v) is 4.27. The zero-order chi connectivity index (χ0) is 14.3. The number of furan rings is 1. The van der Waals surface area contributed by atoms with Crippen molar-refractivity contribution in [1.29, 1.82) is 0 Å². The number of fused-ring (bicyclic) bond motifs is 1. The van der Waals surface area contributed by atoms with Gasteiger partial charge >= 0.3 is 6.18 Å². The maximum Gasteiger partial charge on any atom is 0.420 e. The first-order chi connectivity index (χ1) is 9.49. The van der Waals surface area contributed by atoms with Crippen LogP contribution in [0.1, 0.15) is 11.3 Å². The molecule has 0 saturated heterocycles. The maximum atomic E-state index is 13.1. The Balaban J connectivity index is 2.30. The Morgan fingerprint density at radius 2 is 2.05 bits per heavy atom. The van der Waals surface area contributed by atoms with Gasteiger partial charge in [0.15, 0.2) is 0 Å². The number of alkyl halides is 3. The third-order valence-corrected chi connectivity index (χ3v) is 2.92. The van der Waals surface area contributed by atoms with E-state index in [-0.39, 0.29) is 11.3 Å². The van der Waals surface area contributed by atoms with Gasteiger partial charge in [-0.05, 0) is 12.1 Å². The summed E-state index contributed by atoms with van der Waals surface area (Å²) in [5.74, 6) is 0. The molecular weight excluding hydrogens is 273 g/mol. The van der Waals surface area contributed by atoms with Crippen molar-refractivity contribution in [3.8, 4) is 11.1 Å². The summed E-state index contributed by atoms with van der Waals surface area (Å²) in [5, 5.41) is 9.01. The summed E-state index contributed by atoms with van der Waals surface area (Å²) in [6.45, 7) is -0.417. The summed E-state index contributed by atoms with van der Waals surface area (Å²) in [6, 6.07) is 2.60. The molecule has 0 amide bonds. The molecule has 0 atom stereocenters. The van der Waals surface area contributed by atoms with Gasteiger partial charge in [-0.15, -0.1) is 0 Å². The van der Waals surface area contributed by atoms with Gasteiger partial charge < -0.3 is 13.9 Å². The van der Waals surface area contributed by atoms with Gasteiger partial charge in [0.05, 0.1) is 30.4 Å². The lowest BCUT2D eigenvalue weighted by Gasteiger charge is -2.10. The van der Waals surface area contributed by atoms with Crippen LogP contribution in [0.4, 0.5) is 13.2 Å². The zero-order valence-corrected chi connectivity index (χ0v) is 10.1. The number of hydrogen-bond donors (Lipinski definition) is 1. The van der Waals surface area contributed by atoms with E-state index in [1.54, 1.807) is 6.07 Å². The second-order valence-electron chi connectivity index (χ2n) is 4.27. The molecule has 0 unspecified atom stereocenters. The lowest BCUT2D eigenvalue weighted by molar-refractivity contribution is -0.136. The molecule has 20 heavy (non-hydrogen) atoms. The van der Waals surface area contributed by atoms with Crippen molar-refractivity contribution in [2.75, 3.05) is 0 Å². The van der Waals surface area contributed by atoms with Crippen LogP contribution in [0.15, 0.2) is 41.5 Å². The van der Waals surface area contributed by atoms with Gasteiger partial charge in [0, 0.05) is 23.5 Å². The molecule has 3 aromatic heterocycles. The highest BCUT2D eigenvalue weighted by Crippen LogP contribution is 2.35. The molecule has 3 rings (SSSR count). The molecule has 7 heteroatoms. The lowest BCUT2D eigenvalue weighted by atomic mass is 10.1. The second kappa shape index (κ2) is 4.38. The van der Waals surface area contributed by atoms with Crippen LogP contribution in [0.5, 0.6) is 0 Å². The van der Waals surface area contributed by atoms with E-state index in [2.05, 4.69) is 4.98 Å². The summed E-state index contributed by atoms with van der Waals surface area (Å²) >= 11 is 0. The van der Waals surface area contributed by atoms with Crippen LogP contribution in [-0.4, -0.2) is 14.5 Å². The predicted molar refractivity (Wildman–Crippen MR) is 63.8 cm³/mol. The summed E-state index contributed by atoms with van der Waals surface area (Å²) in [4.78, 5) is 3.79. The smallest absolute Gasteiger partial charge is 0.420 e. The van der Waals surface area contributed by atoms with E-state index in [1.165, 1.54) is 29.3 Å². The average Bonchev–Trinajstić information content (AvgIpc) is 3.04. The monoisotopic (exact) mass is 282 g/mol. The molecule has 0 radical (unpaired) electrons. The highest BCUT2D eigenvalue weighted by Gasteiger charge is 2.34. The highest BCUT2D eigenvalue weighted by molar-refractivity contribution is 5.67. The van der Waals surface area contributed by atoms with Crippen molar-refractivity contribution in [3.05, 3.63) is 48.3 Å². The average molecular weight is 282 g/mol. The topological polar surface area (TPSA) is 50.7 Å². The van der Waals surface area contributed by atoms with E-state index in [0.29, 0.717) is 11.1 Å². The van der Waals surface area contributed by atoms with E-state index in [1.807, 2.05) is 0 Å². The van der Waals surface area contributed by atoms with Gasteiger partial charge in [0.25, 0.3) is 0 Å². The highest BCUT2D eigenvalue weighted by atomic mass is 19.4. The van der Waals surface area contributed by atoms with Crippen LogP contribution in [0, 0.1) is 0 Å². The van der Waals surface area contributed by atoms with Crippen molar-refractivity contribution in [2.45, 2.75) is 12.8 Å². The van der Waals surface area contributed by atoms with Crippen LogP contribution < -0.4 is 0 Å². The fourth-order valence-corrected chi connectivity index (χ4v) is 2.02. The molecule has 0 aliphatic carbocycles. The number of halogens is 3. The molecule has 0 saturated carbocycles. The number of rotatable bonds is 2. The third-order valence-electron chi connectivity index (χ3n) is 2.92. The van der Waals surface area contributed by atoms with E-state index in [4.69, 9.17) is 9.52 Å². The number of aromatic nitrogens is 2. The molecule has 0 fully saturated rings. The van der Waals surface area contributed by atoms with Gasteiger partial charge in [0.2, 0.25) is 0 Å². The Kier molecular flexibility index (Phi) is 2.79. The minimum atomic E-state index is -4.53. The van der Waals surface area contributed by atoms with Gasteiger partial charge in [0.1, 0.15) is 5.65 Å². The molecule has 0 bridgehead atoms. The molecule has 3 aromatic rings. The molecular formula is C13H9F3N2O2. The fourth-order valence-electron chi connectivity index (χ4n) is 2.02. The Hall–Kier alpha value is -2.28. The largest absolute Gasteiger partial charge is 0.472 e. The van der Waals surface area contributed by atoms with Crippen molar-refractivity contribution < 1.29 is 22.7 Å². The molecule has 0 aromatic carbocycles. The summed E-state index contributed by atoms with van der Waals surface area (Å²) < 4.78 is 45.5. The van der Waals surface area contributed by atoms with Gasteiger partial charge in [-0.1, -0.05) is 0 Å². The van der Waals surface area contributed by atoms with Crippen molar-refractivity contribution in [3.63, 3.8) is 0 Å². The molecule has 4 nitrogen and oxygen atoms in total. The number of aliphatic hydroxyl groups is 1. The van der Waals surface area contributed by atoms with Crippen LogP contribution in [0.3, 0.4) is 0 Å². The maximum absolute atomic E-state index is 13.1. The first-order valence-corrected chi connectivity index (χ1v) is 5.71. The van der Waals surface area contributed by atoms with E-state index in [9.17, 15) is 13.2 Å². The van der Waals surface area contributed by atoms with Crippen molar-refractivity contribution >= 4 is 5.65 Å². The first kappa shape index (κ1) is 12.7. The van der Waals surface area contributed by atoms with Gasteiger partial charge in [-0.3, -0.25) is 0 Å². The Labute approximate surface area is 111 Å². The quantitative estimate of drug-likeness (QED) is 0.785. The Morgan fingerprint density at radius 3 is 2.65 bits per heavy atom. The lowest BCUT2D eigenvalue weighted by Crippen LogP contribution is -2.08. The zero-order valence-electron chi connectivity index (χ0n) is 10.1. The van der Waals surface area contributed by atoms with E-state index in [0.717, 1.165) is 6.07 Å². The normalized spacial score (nSPS) is 12.2. The number of pyridine rings is 1.